The molecule has 31 heavy (non-hydrogen) atoms. The van der Waals surface area contributed by atoms with Crippen LogP contribution in [0.5, 0.6) is 0 Å². The fourth-order valence-corrected chi connectivity index (χ4v) is 3.50. The second kappa shape index (κ2) is 8.91. The van der Waals surface area contributed by atoms with Gasteiger partial charge in [-0.2, -0.15) is 5.10 Å². The Morgan fingerprint density at radius 2 is 1.77 bits per heavy atom. The lowest BCUT2D eigenvalue weighted by Gasteiger charge is -2.19. The summed E-state index contributed by atoms with van der Waals surface area (Å²) in [6.07, 6.45) is 2.56. The molecule has 4 aromatic rings. The zero-order valence-electron chi connectivity index (χ0n) is 17.5. The number of hydrogen-bond donors (Lipinski definition) is 1. The fraction of sp³-hybridized carbons (Fsp3) is 0.261. The summed E-state index contributed by atoms with van der Waals surface area (Å²) < 4.78 is 3.06. The number of fused-ring (bicyclic) bond motifs is 1. The van der Waals surface area contributed by atoms with Crippen LogP contribution in [0.15, 0.2) is 71.7 Å². The molecule has 4 rings (SSSR count). The minimum Gasteiger partial charge on any atom is -0.344 e. The van der Waals surface area contributed by atoms with Crippen LogP contribution >= 0.6 is 0 Å². The summed E-state index contributed by atoms with van der Waals surface area (Å²) in [6, 6.07) is 17.9. The highest BCUT2D eigenvalue weighted by Gasteiger charge is 2.22. The molecule has 1 amide bonds. The highest BCUT2D eigenvalue weighted by atomic mass is 16.2. The van der Waals surface area contributed by atoms with Crippen LogP contribution in [-0.2, 0) is 11.3 Å². The van der Waals surface area contributed by atoms with E-state index in [1.54, 1.807) is 6.07 Å². The molecular weight excluding hydrogens is 392 g/mol. The van der Waals surface area contributed by atoms with Crippen LogP contribution in [0.4, 0.5) is 0 Å². The molecule has 3 aromatic heterocycles. The molecule has 158 valence electrons. The average Bonchev–Trinajstić information content (AvgIpc) is 3.19. The second-order valence-electron chi connectivity index (χ2n) is 7.82. The summed E-state index contributed by atoms with van der Waals surface area (Å²) in [5.74, 6) is 0.678. The highest BCUT2D eigenvalue weighted by Crippen LogP contribution is 2.20. The lowest BCUT2D eigenvalue weighted by atomic mass is 10.0. The van der Waals surface area contributed by atoms with Crippen LogP contribution < -0.4 is 10.9 Å². The summed E-state index contributed by atoms with van der Waals surface area (Å²) in [5.41, 5.74) is 1.90. The molecular formula is C23H24N6O2. The standard InChI is InChI=1S/C23H24N6O2/c1-16(2)14-19(23-26-25-20-10-6-7-13-28(20)23)24-21(30)15-29-22(31)12-11-18(27-29)17-8-4-3-5-9-17/h3-13,16,19H,14-15H2,1-2H3,(H,24,30). The molecule has 3 heterocycles. The van der Waals surface area contributed by atoms with Gasteiger partial charge in [0.1, 0.15) is 6.54 Å². The largest absolute Gasteiger partial charge is 0.344 e. The van der Waals surface area contributed by atoms with Gasteiger partial charge in [-0.25, -0.2) is 4.68 Å². The van der Waals surface area contributed by atoms with E-state index in [1.165, 1.54) is 10.7 Å². The third-order valence-electron chi connectivity index (χ3n) is 4.92. The predicted octanol–water partition coefficient (Wildman–Crippen LogP) is 2.86. The van der Waals surface area contributed by atoms with Crippen molar-refractivity contribution in [2.45, 2.75) is 32.9 Å². The number of rotatable bonds is 7. The second-order valence-corrected chi connectivity index (χ2v) is 7.82. The van der Waals surface area contributed by atoms with Crippen LogP contribution in [0, 0.1) is 5.92 Å². The van der Waals surface area contributed by atoms with Crippen LogP contribution in [0.1, 0.15) is 32.1 Å². The molecule has 0 spiro atoms. The van der Waals surface area contributed by atoms with Crippen LogP contribution in [0.25, 0.3) is 16.9 Å². The Bertz CT molecular complexity index is 1250. The molecule has 0 aliphatic heterocycles. The molecule has 0 saturated carbocycles. The predicted molar refractivity (Wildman–Crippen MR) is 117 cm³/mol. The first kappa shape index (κ1) is 20.5. The first-order valence-corrected chi connectivity index (χ1v) is 10.2. The minimum atomic E-state index is -0.335. The van der Waals surface area contributed by atoms with E-state index >= 15 is 0 Å². The smallest absolute Gasteiger partial charge is 0.267 e. The fourth-order valence-electron chi connectivity index (χ4n) is 3.50. The van der Waals surface area contributed by atoms with Crippen molar-refractivity contribution in [1.29, 1.82) is 0 Å². The van der Waals surface area contributed by atoms with Gasteiger partial charge in [-0.3, -0.25) is 14.0 Å². The van der Waals surface area contributed by atoms with E-state index in [-0.39, 0.29) is 24.1 Å². The Balaban J connectivity index is 1.57. The number of nitrogens with one attached hydrogen (secondary N) is 1. The topological polar surface area (TPSA) is 94.2 Å². The van der Waals surface area contributed by atoms with Crippen molar-refractivity contribution in [3.8, 4) is 11.3 Å². The van der Waals surface area contributed by atoms with Gasteiger partial charge in [0.25, 0.3) is 5.56 Å². The summed E-state index contributed by atoms with van der Waals surface area (Å²) in [7, 11) is 0. The van der Waals surface area contributed by atoms with Crippen LogP contribution in [-0.4, -0.2) is 30.3 Å². The summed E-state index contributed by atoms with van der Waals surface area (Å²) in [5, 5.41) is 15.9. The van der Waals surface area contributed by atoms with Gasteiger partial charge in [0.05, 0.1) is 11.7 Å². The third kappa shape index (κ3) is 4.69. The molecule has 0 radical (unpaired) electrons. The van der Waals surface area contributed by atoms with Crippen LogP contribution in [0.2, 0.25) is 0 Å². The molecule has 8 heteroatoms. The van der Waals surface area contributed by atoms with Gasteiger partial charge in [-0.05, 0) is 30.5 Å². The van der Waals surface area contributed by atoms with Gasteiger partial charge in [0.15, 0.2) is 11.5 Å². The normalized spacial score (nSPS) is 12.2. The lowest BCUT2D eigenvalue weighted by Crippen LogP contribution is -2.36. The van der Waals surface area contributed by atoms with E-state index in [1.807, 2.05) is 59.1 Å². The van der Waals surface area contributed by atoms with Crippen molar-refractivity contribution < 1.29 is 4.79 Å². The Hall–Kier alpha value is -3.81. The zero-order chi connectivity index (χ0) is 21.8. The molecule has 1 unspecified atom stereocenters. The number of benzene rings is 1. The number of amides is 1. The molecule has 0 bridgehead atoms. The lowest BCUT2D eigenvalue weighted by molar-refractivity contribution is -0.122. The van der Waals surface area contributed by atoms with Crippen molar-refractivity contribution in [2.75, 3.05) is 0 Å². The van der Waals surface area contributed by atoms with Crippen LogP contribution in [0.3, 0.4) is 0 Å². The van der Waals surface area contributed by atoms with E-state index in [2.05, 4.69) is 34.5 Å². The van der Waals surface area contributed by atoms with E-state index in [9.17, 15) is 9.59 Å². The maximum atomic E-state index is 12.9. The van der Waals surface area contributed by atoms with Gasteiger partial charge in [0, 0.05) is 17.8 Å². The maximum Gasteiger partial charge on any atom is 0.267 e. The molecule has 1 N–H and O–H groups in total. The number of carbonyl (C=O) groups is 1. The quantitative estimate of drug-likeness (QED) is 0.500. The number of nitrogens with zero attached hydrogens (tertiary/aromatic N) is 5. The first-order valence-electron chi connectivity index (χ1n) is 10.2. The minimum absolute atomic E-state index is 0.176. The summed E-state index contributed by atoms with van der Waals surface area (Å²) in [4.78, 5) is 25.2. The SMILES string of the molecule is CC(C)CC(NC(=O)Cn1nc(-c2ccccc2)ccc1=O)c1nnc2ccccn12. The molecule has 8 nitrogen and oxygen atoms in total. The van der Waals surface area contributed by atoms with Crippen molar-refractivity contribution >= 4 is 11.6 Å². The van der Waals surface area contributed by atoms with E-state index in [0.717, 1.165) is 5.56 Å². The van der Waals surface area contributed by atoms with E-state index in [0.29, 0.717) is 29.5 Å². The third-order valence-corrected chi connectivity index (χ3v) is 4.92. The summed E-state index contributed by atoms with van der Waals surface area (Å²) in [6.45, 7) is 3.99. The van der Waals surface area contributed by atoms with Gasteiger partial charge in [-0.15, -0.1) is 10.2 Å². The van der Waals surface area contributed by atoms with E-state index < -0.39 is 0 Å². The van der Waals surface area contributed by atoms with Gasteiger partial charge < -0.3 is 5.32 Å². The summed E-state index contributed by atoms with van der Waals surface area (Å²) >= 11 is 0. The van der Waals surface area contributed by atoms with Gasteiger partial charge in [-0.1, -0.05) is 50.2 Å². The van der Waals surface area contributed by atoms with Gasteiger partial charge >= 0.3 is 0 Å². The van der Waals surface area contributed by atoms with Crippen molar-refractivity contribution in [3.05, 3.63) is 83.0 Å². The molecule has 0 fully saturated rings. The maximum absolute atomic E-state index is 12.9. The molecule has 1 atom stereocenters. The van der Waals surface area contributed by atoms with E-state index in [4.69, 9.17) is 0 Å². The Kier molecular flexibility index (Phi) is 5.88. The number of carbonyl (C=O) groups excluding carboxylic acids is 1. The highest BCUT2D eigenvalue weighted by molar-refractivity contribution is 5.76. The van der Waals surface area contributed by atoms with Gasteiger partial charge in [0.2, 0.25) is 5.91 Å². The molecule has 0 saturated heterocycles. The molecule has 1 aromatic carbocycles. The Morgan fingerprint density at radius 1 is 1.00 bits per heavy atom. The number of pyridine rings is 1. The van der Waals surface area contributed by atoms with Crippen molar-refractivity contribution in [1.82, 2.24) is 29.7 Å². The molecule has 0 aliphatic rings. The monoisotopic (exact) mass is 416 g/mol. The Morgan fingerprint density at radius 3 is 2.55 bits per heavy atom. The average molecular weight is 416 g/mol. The Labute approximate surface area is 179 Å². The number of hydrogen-bond acceptors (Lipinski definition) is 5. The van der Waals surface area contributed by atoms with Crippen molar-refractivity contribution in [3.63, 3.8) is 0 Å². The van der Waals surface area contributed by atoms with Crippen molar-refractivity contribution in [2.24, 2.45) is 5.92 Å². The first-order chi connectivity index (χ1) is 15.0. The number of aromatic nitrogens is 5. The molecule has 0 aliphatic carbocycles. The zero-order valence-corrected chi connectivity index (χ0v) is 17.5.